The van der Waals surface area contributed by atoms with Gasteiger partial charge in [-0.1, -0.05) is 54.4 Å². The van der Waals surface area contributed by atoms with Gasteiger partial charge in [-0.2, -0.15) is 0 Å². The van der Waals surface area contributed by atoms with Gasteiger partial charge in [-0.3, -0.25) is 4.90 Å². The molecule has 5 nitrogen and oxygen atoms in total. The number of rotatable bonds is 14. The third-order valence-corrected chi connectivity index (χ3v) is 10.1. The van der Waals surface area contributed by atoms with Gasteiger partial charge >= 0.3 is 0 Å². The number of ether oxygens (including phenoxy) is 3. The van der Waals surface area contributed by atoms with Gasteiger partial charge in [-0.25, -0.2) is 8.78 Å². The van der Waals surface area contributed by atoms with E-state index in [0.717, 1.165) is 84.1 Å². The lowest BCUT2D eigenvalue weighted by Crippen LogP contribution is -2.29. The van der Waals surface area contributed by atoms with E-state index in [0.29, 0.717) is 41.8 Å². The highest BCUT2D eigenvalue weighted by Crippen LogP contribution is 2.37. The van der Waals surface area contributed by atoms with E-state index in [1.165, 1.54) is 44.5 Å². The minimum Gasteiger partial charge on any atom is -0.493 e. The molecular formula is C41H47ClF2N2O3. The molecule has 2 saturated heterocycles. The van der Waals surface area contributed by atoms with Gasteiger partial charge in [0.1, 0.15) is 30.5 Å². The zero-order chi connectivity index (χ0) is 34.2. The maximum Gasteiger partial charge on any atom is 0.159 e. The van der Waals surface area contributed by atoms with Gasteiger partial charge < -0.3 is 19.1 Å². The Labute approximate surface area is 294 Å². The van der Waals surface area contributed by atoms with Crippen molar-refractivity contribution in [2.75, 3.05) is 39.3 Å². The minimum atomic E-state index is -0.894. The Bertz CT molecular complexity index is 1720. The Balaban J connectivity index is 1.17. The topological polar surface area (TPSA) is 34.2 Å². The van der Waals surface area contributed by atoms with Gasteiger partial charge in [0.15, 0.2) is 11.6 Å². The molecule has 0 N–H and O–H groups in total. The summed E-state index contributed by atoms with van der Waals surface area (Å²) in [6.07, 6.45) is 7.20. The number of hydrogen-bond donors (Lipinski definition) is 0. The Morgan fingerprint density at radius 3 is 2.10 bits per heavy atom. The first-order valence-electron chi connectivity index (χ1n) is 17.6. The van der Waals surface area contributed by atoms with E-state index >= 15 is 0 Å². The van der Waals surface area contributed by atoms with Crippen LogP contribution >= 0.6 is 11.6 Å². The second-order valence-corrected chi connectivity index (χ2v) is 13.7. The average Bonchev–Trinajstić information content (AvgIpc) is 3.63. The molecule has 8 heteroatoms. The normalized spacial score (nSPS) is 15.4. The molecule has 4 aromatic carbocycles. The van der Waals surface area contributed by atoms with Crippen molar-refractivity contribution in [3.63, 3.8) is 0 Å². The lowest BCUT2D eigenvalue weighted by Gasteiger charge is -2.27. The molecule has 260 valence electrons. The molecule has 2 fully saturated rings. The molecule has 2 aliphatic rings. The summed E-state index contributed by atoms with van der Waals surface area (Å²) < 4.78 is 46.3. The molecule has 2 heterocycles. The Hall–Kier alpha value is -3.65. The quantitative estimate of drug-likeness (QED) is 0.123. The monoisotopic (exact) mass is 688 g/mol. The van der Waals surface area contributed by atoms with Crippen LogP contribution in [0.1, 0.15) is 66.3 Å². The first-order valence-corrected chi connectivity index (χ1v) is 18.0. The summed E-state index contributed by atoms with van der Waals surface area (Å²) in [7, 11) is 0. The zero-order valence-electron chi connectivity index (χ0n) is 28.7. The van der Waals surface area contributed by atoms with Crippen LogP contribution in [0.5, 0.6) is 17.2 Å². The van der Waals surface area contributed by atoms with E-state index in [1.807, 2.05) is 12.1 Å². The van der Waals surface area contributed by atoms with Crippen LogP contribution in [0.25, 0.3) is 11.1 Å². The molecule has 0 saturated carbocycles. The lowest BCUT2D eigenvalue weighted by atomic mass is 9.93. The molecule has 6 rings (SSSR count). The van der Waals surface area contributed by atoms with Crippen LogP contribution in [0, 0.1) is 25.5 Å². The number of piperidine rings is 1. The van der Waals surface area contributed by atoms with E-state index in [9.17, 15) is 8.78 Å². The third-order valence-electron chi connectivity index (χ3n) is 9.81. The average molecular weight is 689 g/mol. The molecule has 0 atom stereocenters. The number of halogens is 3. The molecular weight excluding hydrogens is 642 g/mol. The highest BCUT2D eigenvalue weighted by Gasteiger charge is 2.18. The number of benzene rings is 4. The minimum absolute atomic E-state index is 0.0903. The summed E-state index contributed by atoms with van der Waals surface area (Å²) in [6, 6.07) is 20.1. The zero-order valence-corrected chi connectivity index (χ0v) is 29.5. The first-order chi connectivity index (χ1) is 23.9. The first kappa shape index (κ1) is 35.2. The van der Waals surface area contributed by atoms with Crippen LogP contribution in [0.2, 0.25) is 5.02 Å². The van der Waals surface area contributed by atoms with Gasteiger partial charge in [0.25, 0.3) is 0 Å². The van der Waals surface area contributed by atoms with E-state index < -0.39 is 11.6 Å². The van der Waals surface area contributed by atoms with Crippen molar-refractivity contribution in [1.82, 2.24) is 9.80 Å². The maximum atomic E-state index is 13.9. The molecule has 0 amide bonds. The van der Waals surface area contributed by atoms with Crippen molar-refractivity contribution in [3.8, 4) is 28.4 Å². The predicted octanol–water partition coefficient (Wildman–Crippen LogP) is 9.91. The summed E-state index contributed by atoms with van der Waals surface area (Å²) >= 11 is 6.83. The van der Waals surface area contributed by atoms with Gasteiger partial charge in [-0.05, 0) is 130 Å². The van der Waals surface area contributed by atoms with Crippen LogP contribution in [0.4, 0.5) is 8.78 Å². The van der Waals surface area contributed by atoms with Crippen molar-refractivity contribution >= 4 is 11.6 Å². The molecule has 0 spiro atoms. The van der Waals surface area contributed by atoms with Crippen molar-refractivity contribution in [3.05, 3.63) is 111 Å². The summed E-state index contributed by atoms with van der Waals surface area (Å²) in [5, 5.41) is 0.506. The maximum absolute atomic E-state index is 13.9. The fraction of sp³-hybridized carbons (Fsp3) is 0.415. The summed E-state index contributed by atoms with van der Waals surface area (Å²) in [4.78, 5) is 4.91. The summed E-state index contributed by atoms with van der Waals surface area (Å²) in [5.41, 5.74) is 7.06. The van der Waals surface area contributed by atoms with Crippen molar-refractivity contribution in [2.24, 2.45) is 0 Å². The SMILES string of the molecule is Cc1c(COc2cc(OCc3ccc(F)c(F)c3)c(CN3CCCCC3)cc2Cl)cccc1-c1cccc(OCCCN2CCCC2)c1C. The van der Waals surface area contributed by atoms with Gasteiger partial charge in [0.05, 0.1) is 11.6 Å². The van der Waals surface area contributed by atoms with E-state index in [2.05, 4.69) is 60.0 Å². The van der Waals surface area contributed by atoms with Crippen LogP contribution in [-0.4, -0.2) is 49.1 Å². The van der Waals surface area contributed by atoms with Crippen molar-refractivity contribution in [2.45, 2.75) is 72.1 Å². The molecule has 2 aliphatic heterocycles. The smallest absolute Gasteiger partial charge is 0.159 e. The Morgan fingerprint density at radius 1 is 0.633 bits per heavy atom. The van der Waals surface area contributed by atoms with Gasteiger partial charge in [0, 0.05) is 24.7 Å². The molecule has 0 radical (unpaired) electrons. The molecule has 49 heavy (non-hydrogen) atoms. The van der Waals surface area contributed by atoms with Crippen LogP contribution in [0.3, 0.4) is 0 Å². The molecule has 0 aromatic heterocycles. The highest BCUT2D eigenvalue weighted by molar-refractivity contribution is 6.32. The number of hydrogen-bond acceptors (Lipinski definition) is 5. The fourth-order valence-electron chi connectivity index (χ4n) is 6.92. The van der Waals surface area contributed by atoms with Crippen LogP contribution < -0.4 is 14.2 Å². The predicted molar refractivity (Wildman–Crippen MR) is 193 cm³/mol. The number of nitrogens with zero attached hydrogens (tertiary/aromatic N) is 2. The van der Waals surface area contributed by atoms with Gasteiger partial charge in [0.2, 0.25) is 0 Å². The van der Waals surface area contributed by atoms with E-state index in [1.54, 1.807) is 0 Å². The van der Waals surface area contributed by atoms with Crippen molar-refractivity contribution in [1.29, 1.82) is 0 Å². The molecule has 0 bridgehead atoms. The Morgan fingerprint density at radius 2 is 1.33 bits per heavy atom. The van der Waals surface area contributed by atoms with Crippen LogP contribution in [-0.2, 0) is 19.8 Å². The van der Waals surface area contributed by atoms with E-state index in [4.69, 9.17) is 25.8 Å². The van der Waals surface area contributed by atoms with Crippen LogP contribution in [0.15, 0.2) is 66.7 Å². The number of likely N-dealkylation sites (tertiary alicyclic amines) is 2. The largest absolute Gasteiger partial charge is 0.493 e. The molecule has 0 aliphatic carbocycles. The molecule has 0 unspecified atom stereocenters. The van der Waals surface area contributed by atoms with Crippen molar-refractivity contribution < 1.29 is 23.0 Å². The van der Waals surface area contributed by atoms with Gasteiger partial charge in [-0.15, -0.1) is 0 Å². The molecule has 4 aromatic rings. The van der Waals surface area contributed by atoms with E-state index in [-0.39, 0.29) is 6.61 Å². The fourth-order valence-corrected chi connectivity index (χ4v) is 7.16. The summed E-state index contributed by atoms with van der Waals surface area (Å²) in [5.74, 6) is 0.278. The highest BCUT2D eigenvalue weighted by atomic mass is 35.5. The second kappa shape index (κ2) is 16.8. The Kier molecular flexibility index (Phi) is 12.1. The third kappa shape index (κ3) is 9.13. The second-order valence-electron chi connectivity index (χ2n) is 13.3. The lowest BCUT2D eigenvalue weighted by molar-refractivity contribution is 0.214. The standard InChI is InChI=1S/C41H47ClF2N2O3/c1-29-32(11-8-12-34(29)35-13-9-14-39(30(35)2)47-22-10-21-45-17-6-7-18-45)28-49-41-25-40(48-27-31-15-16-37(43)38(44)23-31)33(24-36(41)42)26-46-19-4-3-5-20-46/h8-9,11-16,23-25H,3-7,10,17-22,26-28H2,1-2H3. The summed E-state index contributed by atoms with van der Waals surface area (Å²) in [6.45, 7) is 11.6.